The molecule has 0 fully saturated rings. The number of aryl methyl sites for hydroxylation is 2. The average molecular weight is 388 g/mol. The van der Waals surface area contributed by atoms with Crippen LogP contribution >= 0.6 is 0 Å². The molecule has 2 aromatic carbocycles. The summed E-state index contributed by atoms with van der Waals surface area (Å²) in [6, 6.07) is 13.6. The van der Waals surface area contributed by atoms with Gasteiger partial charge in [-0.1, -0.05) is 12.1 Å². The molecule has 0 amide bonds. The molecule has 0 spiro atoms. The lowest BCUT2D eigenvalue weighted by molar-refractivity contribution is 0.0972. The number of fused-ring (bicyclic) bond motifs is 1. The summed E-state index contributed by atoms with van der Waals surface area (Å²) in [5.74, 6) is 1.90. The maximum absolute atomic E-state index is 12.6. The molecular weight excluding hydrogens is 364 g/mol. The topological polar surface area (TPSA) is 76.1 Å². The summed E-state index contributed by atoms with van der Waals surface area (Å²) in [6.45, 7) is 4.13. The first kappa shape index (κ1) is 18.9. The van der Waals surface area contributed by atoms with Crippen LogP contribution in [0.3, 0.4) is 0 Å². The highest BCUT2D eigenvalue weighted by molar-refractivity contribution is 6.03. The molecule has 2 N–H and O–H groups in total. The van der Waals surface area contributed by atoms with Crippen LogP contribution in [-0.2, 0) is 6.42 Å². The van der Waals surface area contributed by atoms with E-state index in [2.05, 4.69) is 40.5 Å². The monoisotopic (exact) mass is 388 g/mol. The zero-order valence-corrected chi connectivity index (χ0v) is 16.9. The van der Waals surface area contributed by atoms with Crippen molar-refractivity contribution < 1.29 is 9.53 Å². The predicted molar refractivity (Wildman–Crippen MR) is 115 cm³/mol. The van der Waals surface area contributed by atoms with E-state index in [0.717, 1.165) is 41.2 Å². The number of rotatable bonds is 5. The van der Waals surface area contributed by atoms with Crippen molar-refractivity contribution in [1.82, 2.24) is 9.97 Å². The lowest BCUT2D eigenvalue weighted by Crippen LogP contribution is -2.18. The number of benzene rings is 2. The first-order valence-corrected chi connectivity index (χ1v) is 9.73. The van der Waals surface area contributed by atoms with E-state index in [1.807, 2.05) is 36.4 Å². The molecule has 0 bridgehead atoms. The molecule has 0 unspecified atom stereocenters. The third-order valence-corrected chi connectivity index (χ3v) is 5.28. The van der Waals surface area contributed by atoms with Crippen molar-refractivity contribution in [3.05, 3.63) is 64.8 Å². The number of ketones is 1. The van der Waals surface area contributed by atoms with Crippen LogP contribution in [0.1, 0.15) is 40.0 Å². The first-order chi connectivity index (χ1) is 14.0. The molecule has 0 radical (unpaired) electrons. The smallest absolute Gasteiger partial charge is 0.229 e. The Hall–Kier alpha value is -3.41. The Morgan fingerprint density at radius 2 is 1.76 bits per heavy atom. The minimum atomic E-state index is 0.0926. The van der Waals surface area contributed by atoms with E-state index in [1.54, 1.807) is 7.11 Å². The molecule has 29 heavy (non-hydrogen) atoms. The van der Waals surface area contributed by atoms with Gasteiger partial charge in [-0.05, 0) is 68.1 Å². The number of anilines is 4. The Kier molecular flexibility index (Phi) is 5.16. The summed E-state index contributed by atoms with van der Waals surface area (Å²) < 4.78 is 5.21. The van der Waals surface area contributed by atoms with E-state index in [9.17, 15) is 4.79 Å². The normalized spacial score (nSPS) is 13.0. The fourth-order valence-electron chi connectivity index (χ4n) is 3.49. The Balaban J connectivity index is 1.73. The van der Waals surface area contributed by atoms with Crippen molar-refractivity contribution in [1.29, 1.82) is 0 Å². The molecule has 4 rings (SSSR count). The van der Waals surface area contributed by atoms with Crippen molar-refractivity contribution in [3.63, 3.8) is 0 Å². The fraction of sp³-hybridized carbons (Fsp3) is 0.261. The molecule has 0 saturated carbocycles. The van der Waals surface area contributed by atoms with Crippen molar-refractivity contribution in [2.24, 2.45) is 0 Å². The Bertz CT molecular complexity index is 1060. The van der Waals surface area contributed by atoms with Gasteiger partial charge in [0.2, 0.25) is 5.95 Å². The van der Waals surface area contributed by atoms with Crippen LogP contribution in [0.5, 0.6) is 5.75 Å². The van der Waals surface area contributed by atoms with Gasteiger partial charge in [0.25, 0.3) is 0 Å². The van der Waals surface area contributed by atoms with Gasteiger partial charge in [0.1, 0.15) is 11.6 Å². The van der Waals surface area contributed by atoms with E-state index in [1.165, 1.54) is 5.56 Å². The number of aromatic nitrogens is 2. The van der Waals surface area contributed by atoms with Crippen molar-refractivity contribution >= 4 is 28.9 Å². The minimum Gasteiger partial charge on any atom is -0.497 e. The number of carbonyl (C=O) groups is 1. The SMILES string of the molecule is COc1ccc(Nc2nc3c(c(Nc4cccc(C)c4C)n2)C(=O)CCC3)cc1. The number of nitrogens with zero attached hydrogens (tertiary/aromatic N) is 2. The van der Waals surface area contributed by atoms with Gasteiger partial charge in [0.15, 0.2) is 5.78 Å². The molecule has 0 aliphatic heterocycles. The highest BCUT2D eigenvalue weighted by atomic mass is 16.5. The van der Waals surface area contributed by atoms with Crippen molar-refractivity contribution in [3.8, 4) is 5.75 Å². The van der Waals surface area contributed by atoms with Gasteiger partial charge in [-0.2, -0.15) is 4.98 Å². The van der Waals surface area contributed by atoms with Crippen LogP contribution in [0.25, 0.3) is 0 Å². The van der Waals surface area contributed by atoms with E-state index in [-0.39, 0.29) is 5.78 Å². The second-order valence-electron chi connectivity index (χ2n) is 7.22. The number of nitrogens with one attached hydrogen (secondary N) is 2. The molecule has 6 nitrogen and oxygen atoms in total. The van der Waals surface area contributed by atoms with Crippen LogP contribution in [0.2, 0.25) is 0 Å². The molecule has 6 heteroatoms. The molecule has 3 aromatic rings. The maximum atomic E-state index is 12.6. The third-order valence-electron chi connectivity index (χ3n) is 5.28. The first-order valence-electron chi connectivity index (χ1n) is 9.73. The molecule has 0 saturated heterocycles. The van der Waals surface area contributed by atoms with Gasteiger partial charge in [0.05, 0.1) is 18.4 Å². The number of methoxy groups -OCH3 is 1. The highest BCUT2D eigenvalue weighted by Crippen LogP contribution is 2.31. The average Bonchev–Trinajstić information content (AvgIpc) is 2.72. The lowest BCUT2D eigenvalue weighted by atomic mass is 9.95. The molecule has 1 aromatic heterocycles. The fourth-order valence-corrected chi connectivity index (χ4v) is 3.49. The predicted octanol–water partition coefficient (Wildman–Crippen LogP) is 5.11. The molecular formula is C23H24N4O2. The Morgan fingerprint density at radius 3 is 2.52 bits per heavy atom. The number of hydrogen-bond acceptors (Lipinski definition) is 6. The van der Waals surface area contributed by atoms with Gasteiger partial charge < -0.3 is 15.4 Å². The molecule has 1 heterocycles. The Morgan fingerprint density at radius 1 is 0.966 bits per heavy atom. The minimum absolute atomic E-state index is 0.0926. The number of hydrogen-bond donors (Lipinski definition) is 2. The summed E-state index contributed by atoms with van der Waals surface area (Å²) in [6.07, 6.45) is 2.11. The Labute approximate surface area is 170 Å². The van der Waals surface area contributed by atoms with E-state index >= 15 is 0 Å². The van der Waals surface area contributed by atoms with Gasteiger partial charge in [-0.15, -0.1) is 0 Å². The van der Waals surface area contributed by atoms with E-state index < -0.39 is 0 Å². The highest BCUT2D eigenvalue weighted by Gasteiger charge is 2.25. The van der Waals surface area contributed by atoms with Gasteiger partial charge in [-0.3, -0.25) is 4.79 Å². The largest absolute Gasteiger partial charge is 0.497 e. The van der Waals surface area contributed by atoms with Gasteiger partial charge in [-0.25, -0.2) is 4.98 Å². The summed E-state index contributed by atoms with van der Waals surface area (Å²) in [5, 5.41) is 6.63. The molecule has 148 valence electrons. The summed E-state index contributed by atoms with van der Waals surface area (Å²) in [7, 11) is 1.64. The summed E-state index contributed by atoms with van der Waals surface area (Å²) in [4.78, 5) is 21.9. The van der Waals surface area contributed by atoms with Crippen LogP contribution in [-0.4, -0.2) is 22.9 Å². The maximum Gasteiger partial charge on any atom is 0.229 e. The number of ether oxygens (including phenoxy) is 1. The van der Waals surface area contributed by atoms with Crippen LogP contribution in [0.15, 0.2) is 42.5 Å². The van der Waals surface area contributed by atoms with Crippen molar-refractivity contribution in [2.45, 2.75) is 33.1 Å². The quantitative estimate of drug-likeness (QED) is 0.633. The van der Waals surface area contributed by atoms with E-state index in [4.69, 9.17) is 4.74 Å². The molecule has 0 atom stereocenters. The standard InChI is InChI=1S/C23H24N4O2/c1-14-6-4-7-18(15(14)2)25-22-21-19(8-5-9-20(21)28)26-23(27-22)24-16-10-12-17(29-3)13-11-16/h4,6-7,10-13H,5,8-9H2,1-3H3,(H2,24,25,26,27). The van der Waals surface area contributed by atoms with Crippen LogP contribution < -0.4 is 15.4 Å². The van der Waals surface area contributed by atoms with Crippen LogP contribution in [0.4, 0.5) is 23.1 Å². The second-order valence-corrected chi connectivity index (χ2v) is 7.22. The summed E-state index contributed by atoms with van der Waals surface area (Å²) in [5.41, 5.74) is 5.51. The van der Waals surface area contributed by atoms with Crippen molar-refractivity contribution in [2.75, 3.05) is 17.7 Å². The van der Waals surface area contributed by atoms with Crippen LogP contribution in [0, 0.1) is 13.8 Å². The summed E-state index contributed by atoms with van der Waals surface area (Å²) >= 11 is 0. The molecule has 1 aliphatic carbocycles. The third kappa shape index (κ3) is 3.92. The second kappa shape index (κ2) is 7.91. The van der Waals surface area contributed by atoms with Gasteiger partial charge >= 0.3 is 0 Å². The number of carbonyl (C=O) groups excluding carboxylic acids is 1. The molecule has 1 aliphatic rings. The van der Waals surface area contributed by atoms with E-state index in [0.29, 0.717) is 23.8 Å². The zero-order chi connectivity index (χ0) is 20.4. The lowest BCUT2D eigenvalue weighted by Gasteiger charge is -2.20. The number of Topliss-reactive ketones (excluding diaryl/α,β-unsaturated/α-hetero) is 1. The van der Waals surface area contributed by atoms with Gasteiger partial charge in [0, 0.05) is 17.8 Å². The zero-order valence-electron chi connectivity index (χ0n) is 16.9.